The molecule has 3 aromatic heterocycles. The summed E-state index contributed by atoms with van der Waals surface area (Å²) in [6, 6.07) is 21.4. The summed E-state index contributed by atoms with van der Waals surface area (Å²) in [7, 11) is 0. The van der Waals surface area contributed by atoms with E-state index in [-0.39, 0.29) is 18.0 Å². The van der Waals surface area contributed by atoms with Crippen molar-refractivity contribution in [1.29, 1.82) is 0 Å². The first kappa shape index (κ1) is 22.7. The summed E-state index contributed by atoms with van der Waals surface area (Å²) in [5.41, 5.74) is 4.86. The third kappa shape index (κ3) is 4.93. The Morgan fingerprint density at radius 2 is 1.91 bits per heavy atom. The smallest absolute Gasteiger partial charge is 0.226 e. The number of anilines is 1. The van der Waals surface area contributed by atoms with Gasteiger partial charge in [0.15, 0.2) is 5.11 Å². The van der Waals surface area contributed by atoms with Crippen LogP contribution in [0, 0.1) is 6.92 Å². The molecule has 0 radical (unpaired) electrons. The van der Waals surface area contributed by atoms with Crippen molar-refractivity contribution in [3.05, 3.63) is 108 Å². The van der Waals surface area contributed by atoms with Crippen LogP contribution in [0.4, 0.5) is 5.69 Å². The van der Waals surface area contributed by atoms with Crippen molar-refractivity contribution >= 4 is 28.9 Å². The fourth-order valence-electron chi connectivity index (χ4n) is 4.51. The topological polar surface area (TPSA) is 75.1 Å². The first-order valence-electron chi connectivity index (χ1n) is 11.5. The highest BCUT2D eigenvalue weighted by atomic mass is 32.1. The molecule has 1 aromatic carbocycles. The van der Waals surface area contributed by atoms with Gasteiger partial charge in [-0.15, -0.1) is 0 Å². The quantitative estimate of drug-likeness (QED) is 0.376. The molecule has 0 bridgehead atoms. The number of nitrogens with zero attached hydrogens (tertiary/aromatic N) is 4. The van der Waals surface area contributed by atoms with E-state index in [1.54, 1.807) is 18.6 Å². The minimum absolute atomic E-state index is 0.0528. The van der Waals surface area contributed by atoms with E-state index in [0.717, 1.165) is 28.3 Å². The lowest BCUT2D eigenvalue weighted by Gasteiger charge is -2.28. The van der Waals surface area contributed by atoms with Crippen LogP contribution in [0.15, 0.2) is 91.5 Å². The molecule has 35 heavy (non-hydrogen) atoms. The van der Waals surface area contributed by atoms with Crippen LogP contribution in [0.25, 0.3) is 5.69 Å². The minimum Gasteiger partial charge on any atom is -0.352 e. The van der Waals surface area contributed by atoms with Crippen LogP contribution in [0.5, 0.6) is 0 Å². The molecule has 1 aliphatic rings. The fourth-order valence-corrected chi connectivity index (χ4v) is 4.84. The van der Waals surface area contributed by atoms with Crippen LogP contribution in [0.2, 0.25) is 0 Å². The lowest BCUT2D eigenvalue weighted by atomic mass is 10.0. The molecule has 8 heteroatoms. The van der Waals surface area contributed by atoms with E-state index in [2.05, 4.69) is 36.1 Å². The average molecular weight is 483 g/mol. The summed E-state index contributed by atoms with van der Waals surface area (Å²) < 4.78 is 2.14. The number of hydrogen-bond donors (Lipinski definition) is 2. The van der Waals surface area contributed by atoms with Gasteiger partial charge in [0.25, 0.3) is 0 Å². The van der Waals surface area contributed by atoms with Gasteiger partial charge >= 0.3 is 0 Å². The predicted octanol–water partition coefficient (Wildman–Crippen LogP) is 4.58. The molecular weight excluding hydrogens is 456 g/mol. The first-order chi connectivity index (χ1) is 17.1. The Hall–Kier alpha value is -4.04. The number of amides is 1. The third-order valence-electron chi connectivity index (χ3n) is 6.10. The molecule has 1 fully saturated rings. The van der Waals surface area contributed by atoms with E-state index in [9.17, 15) is 4.79 Å². The molecule has 2 atom stereocenters. The molecule has 1 saturated heterocycles. The van der Waals surface area contributed by atoms with E-state index in [1.807, 2.05) is 73.8 Å². The Morgan fingerprint density at radius 1 is 1.06 bits per heavy atom. The van der Waals surface area contributed by atoms with E-state index >= 15 is 0 Å². The number of hydrogen-bond acceptors (Lipinski definition) is 4. The van der Waals surface area contributed by atoms with Gasteiger partial charge < -0.3 is 20.1 Å². The van der Waals surface area contributed by atoms with Crippen LogP contribution in [0.1, 0.15) is 35.5 Å². The van der Waals surface area contributed by atoms with E-state index in [4.69, 9.17) is 12.2 Å². The molecule has 1 amide bonds. The van der Waals surface area contributed by atoms with Crippen LogP contribution in [-0.4, -0.2) is 37.0 Å². The van der Waals surface area contributed by atoms with Crippen LogP contribution in [-0.2, 0) is 4.79 Å². The summed E-state index contributed by atoms with van der Waals surface area (Å²) in [5, 5.41) is 7.06. The molecule has 7 nitrogen and oxygen atoms in total. The maximum Gasteiger partial charge on any atom is 0.226 e. The molecule has 4 aromatic rings. The normalized spacial score (nSPS) is 17.3. The average Bonchev–Trinajstić information content (AvgIpc) is 3.48. The molecule has 4 heterocycles. The van der Waals surface area contributed by atoms with Crippen LogP contribution >= 0.6 is 12.2 Å². The lowest BCUT2D eigenvalue weighted by Crippen LogP contribution is -2.33. The molecule has 0 aliphatic carbocycles. The molecule has 1 aliphatic heterocycles. The molecular formula is C27H26N6OS. The maximum absolute atomic E-state index is 12.8. The Bertz CT molecular complexity index is 1320. The summed E-state index contributed by atoms with van der Waals surface area (Å²) in [4.78, 5) is 23.6. The number of aryl methyl sites for hydroxylation is 1. The van der Waals surface area contributed by atoms with Crippen molar-refractivity contribution < 1.29 is 4.79 Å². The zero-order chi connectivity index (χ0) is 24.2. The second-order valence-corrected chi connectivity index (χ2v) is 8.88. The number of carbonyl (C=O) groups excluding carboxylic acids is 1. The number of nitrogens with one attached hydrogen (secondary N) is 2. The van der Waals surface area contributed by atoms with Crippen molar-refractivity contribution in [1.82, 2.24) is 24.8 Å². The summed E-state index contributed by atoms with van der Waals surface area (Å²) in [6.45, 7) is 2.48. The standard InChI is InChI=1S/C27H26N6OS/c1-19-6-4-7-20(18-19)30-24(34)12-17-33-26(25(31-27(33)35)22-8-2-3-13-29-22)23-9-5-16-32(23)21-10-14-28-15-11-21/h2-11,13-16,18,25-26H,12,17H2,1H3,(H,30,34)(H,31,35)/t25-,26-/m1/s1. The Kier molecular flexibility index (Phi) is 6.54. The van der Waals surface area contributed by atoms with Crippen LogP contribution in [0.3, 0.4) is 0 Å². The van der Waals surface area contributed by atoms with Gasteiger partial charge in [0.2, 0.25) is 5.91 Å². The molecule has 0 unspecified atom stereocenters. The second-order valence-electron chi connectivity index (χ2n) is 8.50. The highest BCUT2D eigenvalue weighted by Gasteiger charge is 2.41. The predicted molar refractivity (Wildman–Crippen MR) is 140 cm³/mol. The van der Waals surface area contributed by atoms with Gasteiger partial charge in [-0.2, -0.15) is 0 Å². The number of benzene rings is 1. The lowest BCUT2D eigenvalue weighted by molar-refractivity contribution is -0.116. The third-order valence-corrected chi connectivity index (χ3v) is 6.46. The van der Waals surface area contributed by atoms with Gasteiger partial charge in [-0.05, 0) is 73.2 Å². The Labute approximate surface area is 209 Å². The zero-order valence-electron chi connectivity index (χ0n) is 19.3. The molecule has 5 rings (SSSR count). The van der Waals surface area contributed by atoms with Gasteiger partial charge in [-0.3, -0.25) is 14.8 Å². The van der Waals surface area contributed by atoms with E-state index < -0.39 is 0 Å². The molecule has 0 saturated carbocycles. The summed E-state index contributed by atoms with van der Waals surface area (Å²) in [5.74, 6) is -0.0528. The van der Waals surface area contributed by atoms with E-state index in [0.29, 0.717) is 18.1 Å². The highest BCUT2D eigenvalue weighted by Crippen LogP contribution is 2.39. The summed E-state index contributed by atoms with van der Waals surface area (Å²) in [6.07, 6.45) is 7.68. The Morgan fingerprint density at radius 3 is 2.69 bits per heavy atom. The minimum atomic E-state index is -0.154. The molecule has 176 valence electrons. The monoisotopic (exact) mass is 482 g/mol. The van der Waals surface area contributed by atoms with Crippen molar-refractivity contribution in [2.75, 3.05) is 11.9 Å². The first-order valence-corrected chi connectivity index (χ1v) is 11.9. The molecule has 2 N–H and O–H groups in total. The van der Waals surface area contributed by atoms with Gasteiger partial charge in [0, 0.05) is 54.8 Å². The zero-order valence-corrected chi connectivity index (χ0v) is 20.2. The van der Waals surface area contributed by atoms with E-state index in [1.165, 1.54) is 0 Å². The fraction of sp³-hybridized carbons (Fsp3) is 0.185. The van der Waals surface area contributed by atoms with Gasteiger partial charge in [0.05, 0.1) is 17.8 Å². The largest absolute Gasteiger partial charge is 0.352 e. The second kappa shape index (κ2) is 10.1. The van der Waals surface area contributed by atoms with Gasteiger partial charge in [-0.1, -0.05) is 18.2 Å². The number of pyridine rings is 2. The number of aromatic nitrogens is 3. The van der Waals surface area contributed by atoms with Crippen molar-refractivity contribution in [2.45, 2.75) is 25.4 Å². The van der Waals surface area contributed by atoms with Crippen molar-refractivity contribution in [2.24, 2.45) is 0 Å². The number of thiocarbonyl (C=S) groups is 1. The number of rotatable bonds is 7. The number of carbonyl (C=O) groups is 1. The SMILES string of the molecule is Cc1cccc(NC(=O)CCN2C(=S)N[C@H](c3ccccn3)[C@H]2c2cccn2-c2ccncc2)c1. The molecule has 0 spiro atoms. The van der Waals surface area contributed by atoms with Crippen molar-refractivity contribution in [3.63, 3.8) is 0 Å². The Balaban J connectivity index is 1.43. The van der Waals surface area contributed by atoms with Gasteiger partial charge in [0.1, 0.15) is 0 Å². The maximum atomic E-state index is 12.8. The highest BCUT2D eigenvalue weighted by molar-refractivity contribution is 7.80. The van der Waals surface area contributed by atoms with Gasteiger partial charge in [-0.25, -0.2) is 0 Å². The van der Waals surface area contributed by atoms with Crippen LogP contribution < -0.4 is 10.6 Å². The van der Waals surface area contributed by atoms with Crippen molar-refractivity contribution in [3.8, 4) is 5.69 Å². The summed E-state index contributed by atoms with van der Waals surface area (Å²) >= 11 is 5.76.